The Hall–Kier alpha value is -2.62. The highest BCUT2D eigenvalue weighted by molar-refractivity contribution is 6.32. The van der Waals surface area contributed by atoms with E-state index in [-0.39, 0.29) is 18.1 Å². The quantitative estimate of drug-likeness (QED) is 0.678. The van der Waals surface area contributed by atoms with Crippen molar-refractivity contribution in [3.05, 3.63) is 60.2 Å². The number of benzene rings is 2. The van der Waals surface area contributed by atoms with Crippen LogP contribution in [0, 0.1) is 5.41 Å². The van der Waals surface area contributed by atoms with E-state index >= 15 is 0 Å². The summed E-state index contributed by atoms with van der Waals surface area (Å²) in [7, 11) is 0. The molecule has 0 saturated heterocycles. The van der Waals surface area contributed by atoms with Crippen molar-refractivity contribution in [1.29, 1.82) is 0 Å². The van der Waals surface area contributed by atoms with Gasteiger partial charge in [0.2, 0.25) is 0 Å². The third-order valence-electron chi connectivity index (χ3n) is 4.23. The lowest BCUT2D eigenvalue weighted by molar-refractivity contribution is -0.162. The molecule has 132 valence electrons. The normalized spacial score (nSPS) is 12.3. The minimum atomic E-state index is -0.848. The van der Waals surface area contributed by atoms with Gasteiger partial charge in [0.25, 0.3) is 0 Å². The predicted molar refractivity (Wildman–Crippen MR) is 98.7 cm³/mol. The fourth-order valence-electron chi connectivity index (χ4n) is 2.21. The standard InChI is InChI=1S/C21H25NO3/c1-15(21(2,3)4)25-20(24)19(23)22-14-17-12-8-9-13-18(17)16-10-6-5-7-11-16/h5-13,15H,14H2,1-4H3,(H,22,23)/t15-/m1/s1. The van der Waals surface area contributed by atoms with Gasteiger partial charge >= 0.3 is 11.9 Å². The smallest absolute Gasteiger partial charge is 0.397 e. The van der Waals surface area contributed by atoms with Crippen LogP contribution in [0.15, 0.2) is 54.6 Å². The second-order valence-corrected chi connectivity index (χ2v) is 7.12. The molecule has 0 heterocycles. The predicted octanol–water partition coefficient (Wildman–Crippen LogP) is 3.95. The van der Waals surface area contributed by atoms with Crippen LogP contribution in [-0.4, -0.2) is 18.0 Å². The summed E-state index contributed by atoms with van der Waals surface area (Å²) in [4.78, 5) is 24.0. The van der Waals surface area contributed by atoms with Crippen molar-refractivity contribution in [3.8, 4) is 11.1 Å². The van der Waals surface area contributed by atoms with Gasteiger partial charge in [0.15, 0.2) is 0 Å². The molecule has 0 spiro atoms. The maximum absolute atomic E-state index is 12.0. The zero-order valence-corrected chi connectivity index (χ0v) is 15.2. The molecule has 0 unspecified atom stereocenters. The number of carbonyl (C=O) groups is 2. The molecule has 0 aliphatic rings. The summed E-state index contributed by atoms with van der Waals surface area (Å²) >= 11 is 0. The SMILES string of the molecule is C[C@@H](OC(=O)C(=O)NCc1ccccc1-c1ccccc1)C(C)(C)C. The van der Waals surface area contributed by atoms with Crippen molar-refractivity contribution in [3.63, 3.8) is 0 Å². The Balaban J connectivity index is 2.02. The molecule has 4 heteroatoms. The summed E-state index contributed by atoms with van der Waals surface area (Å²) in [5.41, 5.74) is 2.82. The van der Waals surface area contributed by atoms with Gasteiger partial charge in [-0.2, -0.15) is 0 Å². The fraction of sp³-hybridized carbons (Fsp3) is 0.333. The topological polar surface area (TPSA) is 55.4 Å². The Kier molecular flexibility index (Phi) is 5.97. The van der Waals surface area contributed by atoms with Crippen molar-refractivity contribution in [1.82, 2.24) is 5.32 Å². The third kappa shape index (κ3) is 5.18. The lowest BCUT2D eigenvalue weighted by Gasteiger charge is -2.26. The number of hydrogen-bond acceptors (Lipinski definition) is 3. The minimum absolute atomic E-state index is 0.212. The van der Waals surface area contributed by atoms with Crippen LogP contribution in [0.5, 0.6) is 0 Å². The summed E-state index contributed by atoms with van der Waals surface area (Å²) in [5, 5.41) is 2.65. The molecule has 4 nitrogen and oxygen atoms in total. The first-order valence-electron chi connectivity index (χ1n) is 8.41. The van der Waals surface area contributed by atoms with Crippen LogP contribution < -0.4 is 5.32 Å². The maximum atomic E-state index is 12.0. The highest BCUT2D eigenvalue weighted by atomic mass is 16.5. The van der Waals surface area contributed by atoms with Gasteiger partial charge in [-0.05, 0) is 29.0 Å². The van der Waals surface area contributed by atoms with Crippen LogP contribution in [0.25, 0.3) is 11.1 Å². The number of esters is 1. The summed E-state index contributed by atoms with van der Waals surface area (Å²) in [5.74, 6) is -1.57. The fourth-order valence-corrected chi connectivity index (χ4v) is 2.21. The van der Waals surface area contributed by atoms with Crippen LogP contribution in [0.2, 0.25) is 0 Å². The second-order valence-electron chi connectivity index (χ2n) is 7.12. The zero-order valence-electron chi connectivity index (χ0n) is 15.2. The molecule has 2 aromatic rings. The van der Waals surface area contributed by atoms with Crippen LogP contribution in [-0.2, 0) is 20.9 Å². The van der Waals surface area contributed by atoms with E-state index in [1.54, 1.807) is 6.92 Å². The van der Waals surface area contributed by atoms with Gasteiger partial charge in [-0.25, -0.2) is 4.79 Å². The van der Waals surface area contributed by atoms with E-state index in [9.17, 15) is 9.59 Å². The Morgan fingerprint density at radius 3 is 2.24 bits per heavy atom. The molecule has 1 atom stereocenters. The summed E-state index contributed by atoms with van der Waals surface area (Å²) in [6.07, 6.45) is -0.345. The molecule has 0 aromatic heterocycles. The maximum Gasteiger partial charge on any atom is 0.397 e. The van der Waals surface area contributed by atoms with Gasteiger partial charge in [-0.15, -0.1) is 0 Å². The molecule has 25 heavy (non-hydrogen) atoms. The first kappa shape index (κ1) is 18.7. The molecule has 0 aliphatic heterocycles. The van der Waals surface area contributed by atoms with Gasteiger partial charge in [-0.1, -0.05) is 75.4 Å². The van der Waals surface area contributed by atoms with Crippen molar-refractivity contribution in [2.75, 3.05) is 0 Å². The molecule has 2 aromatic carbocycles. The van der Waals surface area contributed by atoms with E-state index in [0.717, 1.165) is 16.7 Å². The van der Waals surface area contributed by atoms with Crippen molar-refractivity contribution >= 4 is 11.9 Å². The van der Waals surface area contributed by atoms with Gasteiger partial charge in [0.05, 0.1) is 0 Å². The summed E-state index contributed by atoms with van der Waals surface area (Å²) in [6.45, 7) is 7.93. The molecule has 1 amide bonds. The summed E-state index contributed by atoms with van der Waals surface area (Å²) in [6, 6.07) is 17.7. The van der Waals surface area contributed by atoms with E-state index in [2.05, 4.69) is 5.32 Å². The van der Waals surface area contributed by atoms with Crippen LogP contribution in [0.4, 0.5) is 0 Å². The Labute approximate surface area is 149 Å². The number of ether oxygens (including phenoxy) is 1. The van der Waals surface area contributed by atoms with Gasteiger partial charge < -0.3 is 10.1 Å². The largest absolute Gasteiger partial charge is 0.455 e. The van der Waals surface area contributed by atoms with Crippen LogP contribution in [0.3, 0.4) is 0 Å². The lowest BCUT2D eigenvalue weighted by Crippen LogP contribution is -2.37. The first-order chi connectivity index (χ1) is 11.8. The number of rotatable bonds is 4. The number of nitrogens with one attached hydrogen (secondary N) is 1. The Bertz CT molecular complexity index is 732. The number of hydrogen-bond donors (Lipinski definition) is 1. The minimum Gasteiger partial charge on any atom is -0.455 e. The van der Waals surface area contributed by atoms with E-state index in [1.807, 2.05) is 75.4 Å². The molecule has 0 bridgehead atoms. The molecule has 0 saturated carbocycles. The molecule has 2 rings (SSSR count). The summed E-state index contributed by atoms with van der Waals surface area (Å²) < 4.78 is 5.23. The van der Waals surface area contributed by atoms with E-state index < -0.39 is 11.9 Å². The Morgan fingerprint density at radius 1 is 1.00 bits per heavy atom. The molecular weight excluding hydrogens is 314 g/mol. The highest BCUT2D eigenvalue weighted by Crippen LogP contribution is 2.23. The van der Waals surface area contributed by atoms with Crippen molar-refractivity contribution < 1.29 is 14.3 Å². The van der Waals surface area contributed by atoms with Gasteiger partial charge in [-0.3, -0.25) is 4.79 Å². The van der Waals surface area contributed by atoms with Gasteiger partial charge in [0.1, 0.15) is 6.10 Å². The molecule has 1 N–H and O–H groups in total. The molecular formula is C21H25NO3. The molecule has 0 aliphatic carbocycles. The van der Waals surface area contributed by atoms with Crippen LogP contribution >= 0.6 is 0 Å². The van der Waals surface area contributed by atoms with Gasteiger partial charge in [0, 0.05) is 6.54 Å². The van der Waals surface area contributed by atoms with E-state index in [1.165, 1.54) is 0 Å². The lowest BCUT2D eigenvalue weighted by atomic mass is 9.90. The monoisotopic (exact) mass is 339 g/mol. The van der Waals surface area contributed by atoms with E-state index in [0.29, 0.717) is 0 Å². The average Bonchev–Trinajstić information content (AvgIpc) is 2.59. The molecule has 0 fully saturated rings. The second kappa shape index (κ2) is 7.97. The number of carbonyl (C=O) groups excluding carboxylic acids is 2. The first-order valence-corrected chi connectivity index (χ1v) is 8.41. The zero-order chi connectivity index (χ0) is 18.4. The third-order valence-corrected chi connectivity index (χ3v) is 4.23. The van der Waals surface area contributed by atoms with E-state index in [4.69, 9.17) is 4.74 Å². The van der Waals surface area contributed by atoms with Crippen molar-refractivity contribution in [2.45, 2.75) is 40.3 Å². The highest BCUT2D eigenvalue weighted by Gasteiger charge is 2.26. The average molecular weight is 339 g/mol. The van der Waals surface area contributed by atoms with Crippen LogP contribution in [0.1, 0.15) is 33.3 Å². The number of amides is 1. The van der Waals surface area contributed by atoms with Crippen molar-refractivity contribution in [2.24, 2.45) is 5.41 Å². The Morgan fingerprint density at radius 2 is 1.60 bits per heavy atom. The molecule has 0 radical (unpaired) electrons.